The molecule has 4 rings (SSSR count). The fourth-order valence-corrected chi connectivity index (χ4v) is 4.35. The van der Waals surface area contributed by atoms with Crippen molar-refractivity contribution in [1.29, 1.82) is 0 Å². The summed E-state index contributed by atoms with van der Waals surface area (Å²) in [6.07, 6.45) is 6.13. The molecule has 0 unspecified atom stereocenters. The van der Waals surface area contributed by atoms with Crippen LogP contribution >= 0.6 is 15.9 Å². The molecule has 0 bridgehead atoms. The summed E-state index contributed by atoms with van der Waals surface area (Å²) in [5.74, 6) is 1.36. The van der Waals surface area contributed by atoms with E-state index >= 15 is 0 Å². The van der Waals surface area contributed by atoms with Gasteiger partial charge in [0.1, 0.15) is 0 Å². The van der Waals surface area contributed by atoms with E-state index in [1.54, 1.807) is 18.3 Å². The van der Waals surface area contributed by atoms with Crippen molar-refractivity contribution < 1.29 is 19.4 Å². The van der Waals surface area contributed by atoms with Gasteiger partial charge in [0.15, 0.2) is 18.1 Å². The molecular formula is C21H26BrN7O4. The zero-order valence-electron chi connectivity index (χ0n) is 18.3. The minimum absolute atomic E-state index is 0.313. The zero-order valence-corrected chi connectivity index (χ0v) is 19.9. The topological polar surface area (TPSA) is 125 Å². The molecule has 2 aromatic rings. The van der Waals surface area contributed by atoms with E-state index in [0.717, 1.165) is 51.9 Å². The van der Waals surface area contributed by atoms with E-state index in [1.807, 2.05) is 0 Å². The van der Waals surface area contributed by atoms with Crippen molar-refractivity contribution in [3.05, 3.63) is 22.2 Å². The Morgan fingerprint density at radius 3 is 2.27 bits per heavy atom. The van der Waals surface area contributed by atoms with Crippen molar-refractivity contribution >= 4 is 46.0 Å². The summed E-state index contributed by atoms with van der Waals surface area (Å²) in [7, 11) is 1.49. The molecular weight excluding hydrogens is 494 g/mol. The highest BCUT2D eigenvalue weighted by Gasteiger charge is 2.21. The lowest BCUT2D eigenvalue weighted by atomic mass is 10.2. The van der Waals surface area contributed by atoms with Crippen LogP contribution in [0.3, 0.4) is 0 Å². The Morgan fingerprint density at radius 1 is 1.12 bits per heavy atom. The Bertz CT molecular complexity index is 990. The fourth-order valence-electron chi connectivity index (χ4n) is 3.77. The minimum atomic E-state index is -1.07. The molecule has 2 saturated heterocycles. The Morgan fingerprint density at radius 2 is 1.73 bits per heavy atom. The lowest BCUT2D eigenvalue weighted by molar-refractivity contribution is -0.139. The molecule has 0 saturated carbocycles. The van der Waals surface area contributed by atoms with Gasteiger partial charge in [-0.1, -0.05) is 0 Å². The van der Waals surface area contributed by atoms with Crippen molar-refractivity contribution in [3.8, 4) is 11.5 Å². The van der Waals surface area contributed by atoms with Crippen molar-refractivity contribution in [2.24, 2.45) is 5.10 Å². The zero-order chi connectivity index (χ0) is 23.2. The fraction of sp³-hybridized carbons (Fsp3) is 0.476. The summed E-state index contributed by atoms with van der Waals surface area (Å²) < 4.78 is 11.2. The number of carboxylic acid groups (broad SMARTS) is 1. The molecule has 3 heterocycles. The molecule has 176 valence electrons. The molecule has 11 nitrogen and oxygen atoms in total. The van der Waals surface area contributed by atoms with Crippen LogP contribution < -0.4 is 24.7 Å². The molecule has 0 aliphatic carbocycles. The number of carboxylic acids is 1. The maximum Gasteiger partial charge on any atom is 0.341 e. The molecule has 0 spiro atoms. The highest BCUT2D eigenvalue weighted by atomic mass is 79.9. The molecule has 2 N–H and O–H groups in total. The number of hydrogen-bond donors (Lipinski definition) is 2. The van der Waals surface area contributed by atoms with E-state index in [2.05, 4.69) is 46.2 Å². The van der Waals surface area contributed by atoms with Gasteiger partial charge in [-0.05, 0) is 59.3 Å². The van der Waals surface area contributed by atoms with Crippen LogP contribution in [0, 0.1) is 0 Å². The number of aromatic nitrogens is 3. The van der Waals surface area contributed by atoms with Crippen molar-refractivity contribution in [3.63, 3.8) is 0 Å². The van der Waals surface area contributed by atoms with Gasteiger partial charge in [0.2, 0.25) is 17.8 Å². The van der Waals surface area contributed by atoms with Crippen LogP contribution in [0.25, 0.3) is 0 Å². The van der Waals surface area contributed by atoms with Gasteiger partial charge in [-0.3, -0.25) is 0 Å². The summed E-state index contributed by atoms with van der Waals surface area (Å²) in [6, 6.07) is 3.45. The van der Waals surface area contributed by atoms with Crippen LogP contribution in [-0.4, -0.2) is 72.1 Å². The quantitative estimate of drug-likeness (QED) is 0.377. The van der Waals surface area contributed by atoms with E-state index in [-0.39, 0.29) is 0 Å². The minimum Gasteiger partial charge on any atom is -0.493 e. The van der Waals surface area contributed by atoms with E-state index in [1.165, 1.54) is 7.11 Å². The second kappa shape index (κ2) is 10.6. The highest BCUT2D eigenvalue weighted by molar-refractivity contribution is 9.10. The van der Waals surface area contributed by atoms with E-state index in [9.17, 15) is 4.79 Å². The molecule has 2 aliphatic heterocycles. The number of aliphatic carboxylic acids is 1. The third-order valence-corrected chi connectivity index (χ3v) is 5.95. The summed E-state index contributed by atoms with van der Waals surface area (Å²) >= 11 is 3.40. The first-order valence-electron chi connectivity index (χ1n) is 10.8. The van der Waals surface area contributed by atoms with Gasteiger partial charge in [-0.2, -0.15) is 20.1 Å². The van der Waals surface area contributed by atoms with Crippen molar-refractivity contribution in [2.45, 2.75) is 25.7 Å². The highest BCUT2D eigenvalue weighted by Crippen LogP contribution is 2.36. The largest absolute Gasteiger partial charge is 0.493 e. The standard InChI is InChI=1S/C21H26BrN7O4/c1-32-16-11-14(10-15(22)18(16)33-13-17(30)31)12-23-27-19-24-20(28-6-2-3-7-28)26-21(25-19)29-8-4-5-9-29/h10-12H,2-9,13H2,1H3,(H,30,31)(H,24,25,26,27)/b23-12+. The first kappa shape index (κ1) is 23.0. The number of hydrogen-bond acceptors (Lipinski definition) is 10. The average molecular weight is 520 g/mol. The smallest absolute Gasteiger partial charge is 0.341 e. The summed E-state index contributed by atoms with van der Waals surface area (Å²) in [6.45, 7) is 3.29. The second-order valence-corrected chi connectivity index (χ2v) is 8.59. The van der Waals surface area contributed by atoms with Crippen LogP contribution in [0.1, 0.15) is 31.2 Å². The number of nitrogens with zero attached hydrogens (tertiary/aromatic N) is 6. The number of ether oxygens (including phenoxy) is 2. The van der Waals surface area contributed by atoms with Crippen LogP contribution in [0.5, 0.6) is 11.5 Å². The SMILES string of the molecule is COc1cc(/C=N/Nc2nc(N3CCCC3)nc(N3CCCC3)n2)cc(Br)c1OCC(=O)O. The molecule has 1 aromatic heterocycles. The molecule has 2 aliphatic rings. The number of nitrogens with one attached hydrogen (secondary N) is 1. The predicted molar refractivity (Wildman–Crippen MR) is 128 cm³/mol. The van der Waals surface area contributed by atoms with Gasteiger partial charge in [0, 0.05) is 26.2 Å². The molecule has 12 heteroatoms. The number of benzene rings is 1. The Kier molecular flexibility index (Phi) is 7.43. The molecule has 0 atom stereocenters. The average Bonchev–Trinajstić information content (AvgIpc) is 3.52. The van der Waals surface area contributed by atoms with Crippen LogP contribution in [0.2, 0.25) is 0 Å². The van der Waals surface area contributed by atoms with E-state index in [4.69, 9.17) is 19.6 Å². The molecule has 33 heavy (non-hydrogen) atoms. The lowest BCUT2D eigenvalue weighted by Gasteiger charge is -2.20. The number of hydrazone groups is 1. The molecule has 0 radical (unpaired) electrons. The van der Waals surface area contributed by atoms with Gasteiger partial charge < -0.3 is 24.4 Å². The van der Waals surface area contributed by atoms with Gasteiger partial charge in [-0.15, -0.1) is 0 Å². The van der Waals surface area contributed by atoms with E-state index < -0.39 is 12.6 Å². The van der Waals surface area contributed by atoms with E-state index in [0.29, 0.717) is 39.4 Å². The van der Waals surface area contributed by atoms with Crippen LogP contribution in [-0.2, 0) is 4.79 Å². The predicted octanol–water partition coefficient (Wildman–Crippen LogP) is 2.75. The van der Waals surface area contributed by atoms with Crippen molar-refractivity contribution in [1.82, 2.24) is 15.0 Å². The molecule has 2 fully saturated rings. The lowest BCUT2D eigenvalue weighted by Crippen LogP contribution is -2.25. The first-order chi connectivity index (χ1) is 16.0. The number of anilines is 3. The molecule has 1 aromatic carbocycles. The third kappa shape index (κ3) is 5.81. The summed E-state index contributed by atoms with van der Waals surface area (Å²) in [4.78, 5) is 29.0. The Hall–Kier alpha value is -3.15. The first-order valence-corrected chi connectivity index (χ1v) is 11.6. The van der Waals surface area contributed by atoms with Gasteiger partial charge in [-0.25, -0.2) is 10.2 Å². The number of halogens is 1. The van der Waals surface area contributed by atoms with Crippen LogP contribution in [0.4, 0.5) is 17.8 Å². The van der Waals surface area contributed by atoms with Gasteiger partial charge in [0.05, 0.1) is 17.8 Å². The maximum atomic E-state index is 10.8. The maximum absolute atomic E-state index is 10.8. The number of rotatable bonds is 9. The number of carbonyl (C=O) groups is 1. The number of methoxy groups -OCH3 is 1. The Labute approximate surface area is 200 Å². The molecule has 0 amide bonds. The normalized spacial score (nSPS) is 15.9. The van der Waals surface area contributed by atoms with Gasteiger partial charge >= 0.3 is 5.97 Å². The third-order valence-electron chi connectivity index (χ3n) is 5.36. The Balaban J connectivity index is 1.52. The van der Waals surface area contributed by atoms with Gasteiger partial charge in [0.25, 0.3) is 0 Å². The van der Waals surface area contributed by atoms with Crippen LogP contribution in [0.15, 0.2) is 21.7 Å². The van der Waals surface area contributed by atoms with Crippen molar-refractivity contribution in [2.75, 3.05) is 55.1 Å². The monoisotopic (exact) mass is 519 g/mol. The summed E-state index contributed by atoms with van der Waals surface area (Å²) in [5.41, 5.74) is 3.63. The summed E-state index contributed by atoms with van der Waals surface area (Å²) in [5, 5.41) is 13.1. The second-order valence-electron chi connectivity index (χ2n) is 7.73.